The molecular weight excluding hydrogens is 316 g/mol. The quantitative estimate of drug-likeness (QED) is 0.816. The molecule has 0 radical (unpaired) electrons. The molecule has 2 aliphatic rings. The minimum absolute atomic E-state index is 0.0700. The van der Waals surface area contributed by atoms with E-state index in [0.29, 0.717) is 22.7 Å². The third kappa shape index (κ3) is 3.31. The molecule has 1 aromatic rings. The zero-order valence-electron chi connectivity index (χ0n) is 13.5. The number of carboxylic acids is 1. The van der Waals surface area contributed by atoms with Gasteiger partial charge >= 0.3 is 5.97 Å². The molecule has 0 spiro atoms. The smallest absolute Gasteiger partial charge is 0.339 e. The summed E-state index contributed by atoms with van der Waals surface area (Å²) in [5.74, 6) is -0.0126. The van der Waals surface area contributed by atoms with Gasteiger partial charge in [0.25, 0.3) is 0 Å². The topological polar surface area (TPSA) is 71.5 Å². The van der Waals surface area contributed by atoms with Gasteiger partial charge in [-0.15, -0.1) is 0 Å². The molecule has 5 nitrogen and oxygen atoms in total. The maximum absolute atomic E-state index is 11.4. The fourth-order valence-electron chi connectivity index (χ4n) is 4.34. The number of pyridine rings is 1. The van der Waals surface area contributed by atoms with Crippen molar-refractivity contribution in [1.82, 2.24) is 4.98 Å². The van der Waals surface area contributed by atoms with Crippen LogP contribution >= 0.6 is 11.6 Å². The summed E-state index contributed by atoms with van der Waals surface area (Å²) >= 11 is 5.96. The summed E-state index contributed by atoms with van der Waals surface area (Å²) in [6, 6.07) is 1.88. The van der Waals surface area contributed by atoms with E-state index in [-0.39, 0.29) is 17.2 Å². The Bertz CT molecular complexity index is 594. The van der Waals surface area contributed by atoms with E-state index in [1.165, 1.54) is 12.6 Å². The van der Waals surface area contributed by atoms with E-state index < -0.39 is 5.97 Å². The Morgan fingerprint density at radius 2 is 2.09 bits per heavy atom. The van der Waals surface area contributed by atoms with Gasteiger partial charge in [-0.2, -0.15) is 0 Å². The predicted octanol–water partition coefficient (Wildman–Crippen LogP) is 3.83. The Morgan fingerprint density at radius 3 is 2.65 bits per heavy atom. The van der Waals surface area contributed by atoms with Crippen LogP contribution < -0.4 is 5.32 Å². The van der Waals surface area contributed by atoms with Crippen molar-refractivity contribution in [3.63, 3.8) is 0 Å². The highest BCUT2D eigenvalue weighted by Crippen LogP contribution is 2.47. The summed E-state index contributed by atoms with van der Waals surface area (Å²) in [5.41, 5.74) is 0.674. The summed E-state index contributed by atoms with van der Waals surface area (Å²) in [6.45, 7) is 2.18. The number of nitrogens with zero attached hydrogens (tertiary/aromatic N) is 1. The van der Waals surface area contributed by atoms with Crippen LogP contribution in [-0.4, -0.2) is 34.8 Å². The van der Waals surface area contributed by atoms with E-state index in [9.17, 15) is 9.90 Å². The molecule has 0 unspecified atom stereocenters. The van der Waals surface area contributed by atoms with Gasteiger partial charge in [0.1, 0.15) is 10.7 Å². The van der Waals surface area contributed by atoms with Crippen LogP contribution in [0.15, 0.2) is 12.3 Å². The van der Waals surface area contributed by atoms with Crippen molar-refractivity contribution in [2.75, 3.05) is 12.4 Å². The first-order valence-corrected chi connectivity index (χ1v) is 8.50. The second-order valence-corrected chi connectivity index (χ2v) is 7.43. The molecule has 4 atom stereocenters. The number of carbonyl (C=O) groups is 1. The lowest BCUT2D eigenvalue weighted by molar-refractivity contribution is -0.0736. The first kappa shape index (κ1) is 16.5. The number of halogens is 1. The second-order valence-electron chi connectivity index (χ2n) is 7.04. The Balaban J connectivity index is 1.86. The van der Waals surface area contributed by atoms with Crippen LogP contribution in [0.3, 0.4) is 0 Å². The Kier molecular flexibility index (Phi) is 4.52. The van der Waals surface area contributed by atoms with Crippen LogP contribution in [0.4, 0.5) is 5.69 Å². The second kappa shape index (κ2) is 6.29. The SMILES string of the molecule is CO[C@]1(C)C[C@H]2CCC[C@@H](C1)[C@@H]2Nc1cc(Cl)ncc1C(=O)O. The van der Waals surface area contributed by atoms with Crippen LogP contribution in [0.25, 0.3) is 0 Å². The summed E-state index contributed by atoms with van der Waals surface area (Å²) in [6.07, 6.45) is 6.85. The van der Waals surface area contributed by atoms with Gasteiger partial charge in [-0.25, -0.2) is 9.78 Å². The van der Waals surface area contributed by atoms with Crippen molar-refractivity contribution in [3.05, 3.63) is 23.0 Å². The fourth-order valence-corrected chi connectivity index (χ4v) is 4.50. The highest BCUT2D eigenvalue weighted by molar-refractivity contribution is 6.29. The highest BCUT2D eigenvalue weighted by atomic mass is 35.5. The largest absolute Gasteiger partial charge is 0.478 e. The molecule has 0 aromatic carbocycles. The molecule has 23 heavy (non-hydrogen) atoms. The first-order chi connectivity index (χ1) is 10.9. The average Bonchev–Trinajstić information content (AvgIpc) is 2.48. The number of methoxy groups -OCH3 is 1. The van der Waals surface area contributed by atoms with Crippen LogP contribution in [-0.2, 0) is 4.74 Å². The maximum atomic E-state index is 11.4. The Morgan fingerprint density at radius 1 is 1.43 bits per heavy atom. The van der Waals surface area contributed by atoms with Crippen LogP contribution in [0, 0.1) is 11.8 Å². The Hall–Kier alpha value is -1.33. The molecule has 6 heteroatoms. The highest BCUT2D eigenvalue weighted by Gasteiger charge is 2.45. The third-order valence-electron chi connectivity index (χ3n) is 5.47. The molecule has 0 amide bonds. The number of fused-ring (bicyclic) bond motifs is 2. The standard InChI is InChI=1S/C17H23ClN2O3/c1-17(23-2)7-10-4-3-5-11(8-17)15(10)20-13-6-14(18)19-9-12(13)16(21)22/h6,9-11,15H,3-5,7-8H2,1-2H3,(H,19,20)(H,21,22)/t10-,11+,15-,17-. The number of carboxylic acid groups (broad SMARTS) is 1. The van der Waals surface area contributed by atoms with Crippen molar-refractivity contribution < 1.29 is 14.6 Å². The molecule has 3 rings (SSSR count). The minimum atomic E-state index is -0.987. The number of ether oxygens (including phenoxy) is 1. The lowest BCUT2D eigenvalue weighted by atomic mass is 9.63. The molecule has 1 aromatic heterocycles. The van der Waals surface area contributed by atoms with Crippen molar-refractivity contribution in [2.24, 2.45) is 11.8 Å². The van der Waals surface area contributed by atoms with E-state index in [1.54, 1.807) is 13.2 Å². The van der Waals surface area contributed by atoms with E-state index in [2.05, 4.69) is 17.2 Å². The molecule has 0 saturated heterocycles. The van der Waals surface area contributed by atoms with Gasteiger partial charge in [-0.3, -0.25) is 0 Å². The maximum Gasteiger partial charge on any atom is 0.339 e. The summed E-state index contributed by atoms with van der Waals surface area (Å²) in [7, 11) is 1.79. The van der Waals surface area contributed by atoms with Crippen molar-refractivity contribution >= 4 is 23.3 Å². The van der Waals surface area contributed by atoms with Gasteiger partial charge in [-0.05, 0) is 50.5 Å². The average molecular weight is 339 g/mol. The van der Waals surface area contributed by atoms with Gasteiger partial charge in [0.2, 0.25) is 0 Å². The summed E-state index contributed by atoms with van der Waals surface area (Å²) in [5, 5.41) is 13.1. The monoisotopic (exact) mass is 338 g/mol. The number of nitrogens with one attached hydrogen (secondary N) is 1. The predicted molar refractivity (Wildman–Crippen MR) is 89.1 cm³/mol. The van der Waals surface area contributed by atoms with Gasteiger partial charge in [0.05, 0.1) is 11.3 Å². The number of aromatic carboxylic acids is 1. The lowest BCUT2D eigenvalue weighted by Crippen LogP contribution is -2.51. The zero-order chi connectivity index (χ0) is 16.6. The number of hydrogen-bond acceptors (Lipinski definition) is 4. The minimum Gasteiger partial charge on any atom is -0.478 e. The van der Waals surface area contributed by atoms with Crippen LogP contribution in [0.1, 0.15) is 49.4 Å². The summed E-state index contributed by atoms with van der Waals surface area (Å²) < 4.78 is 5.74. The first-order valence-electron chi connectivity index (χ1n) is 8.12. The van der Waals surface area contributed by atoms with E-state index in [1.807, 2.05) is 0 Å². The van der Waals surface area contributed by atoms with Crippen molar-refractivity contribution in [2.45, 2.75) is 50.7 Å². The molecule has 2 N–H and O–H groups in total. The molecular formula is C17H23ClN2O3. The molecule has 2 bridgehead atoms. The van der Waals surface area contributed by atoms with Gasteiger partial charge in [0, 0.05) is 19.3 Å². The van der Waals surface area contributed by atoms with Gasteiger partial charge in [-0.1, -0.05) is 18.0 Å². The zero-order valence-corrected chi connectivity index (χ0v) is 14.3. The van der Waals surface area contributed by atoms with Gasteiger partial charge < -0.3 is 15.2 Å². The number of anilines is 1. The van der Waals surface area contributed by atoms with Crippen LogP contribution in [0.2, 0.25) is 5.15 Å². The van der Waals surface area contributed by atoms with E-state index >= 15 is 0 Å². The fraction of sp³-hybridized carbons (Fsp3) is 0.647. The molecule has 2 saturated carbocycles. The van der Waals surface area contributed by atoms with Crippen molar-refractivity contribution in [3.8, 4) is 0 Å². The molecule has 126 valence electrons. The Labute approximate surface area is 141 Å². The van der Waals surface area contributed by atoms with E-state index in [4.69, 9.17) is 16.3 Å². The van der Waals surface area contributed by atoms with Crippen LogP contribution in [0.5, 0.6) is 0 Å². The number of rotatable bonds is 4. The van der Waals surface area contributed by atoms with Gasteiger partial charge in [0.15, 0.2) is 0 Å². The van der Waals surface area contributed by atoms with E-state index in [0.717, 1.165) is 25.7 Å². The number of hydrogen-bond donors (Lipinski definition) is 2. The molecule has 0 aliphatic heterocycles. The lowest BCUT2D eigenvalue weighted by Gasteiger charge is -2.50. The van der Waals surface area contributed by atoms with Crippen molar-refractivity contribution in [1.29, 1.82) is 0 Å². The number of aromatic nitrogens is 1. The summed E-state index contributed by atoms with van der Waals surface area (Å²) in [4.78, 5) is 15.3. The molecule has 1 heterocycles. The molecule has 2 fully saturated rings. The third-order valence-corrected chi connectivity index (χ3v) is 5.68. The normalized spacial score (nSPS) is 33.3. The molecule has 2 aliphatic carbocycles.